The van der Waals surface area contributed by atoms with E-state index in [9.17, 15) is 18.0 Å². The third-order valence-corrected chi connectivity index (χ3v) is 7.39. The van der Waals surface area contributed by atoms with E-state index >= 15 is 0 Å². The Morgan fingerprint density at radius 2 is 1.68 bits per heavy atom. The second-order valence-corrected chi connectivity index (χ2v) is 9.51. The van der Waals surface area contributed by atoms with Crippen LogP contribution in [0, 0.1) is 6.92 Å². The highest BCUT2D eigenvalue weighted by Gasteiger charge is 2.37. The van der Waals surface area contributed by atoms with E-state index in [0.717, 1.165) is 12.0 Å². The van der Waals surface area contributed by atoms with E-state index in [4.69, 9.17) is 0 Å². The SMILES string of the molecule is CCc1ccc(S(=O)(=O)N(C(=O)c2cccnc2)c2c(C)n(C)n(-c3ccccc3)c2=O)cc1. The summed E-state index contributed by atoms with van der Waals surface area (Å²) in [5.74, 6) is -0.862. The first kappa shape index (κ1) is 23.2. The molecule has 2 aromatic heterocycles. The number of sulfonamides is 1. The average Bonchev–Trinajstić information content (AvgIpc) is 3.08. The third kappa shape index (κ3) is 3.94. The number of aromatic nitrogens is 3. The van der Waals surface area contributed by atoms with Gasteiger partial charge >= 0.3 is 0 Å². The Balaban J connectivity index is 1.98. The van der Waals surface area contributed by atoms with Crippen LogP contribution in [0.1, 0.15) is 28.5 Å². The molecule has 0 aliphatic heterocycles. The van der Waals surface area contributed by atoms with Crippen molar-refractivity contribution >= 4 is 21.6 Å². The zero-order valence-electron chi connectivity index (χ0n) is 19.0. The number of anilines is 1. The Morgan fingerprint density at radius 1 is 1.00 bits per heavy atom. The molecule has 8 nitrogen and oxygen atoms in total. The van der Waals surface area contributed by atoms with Crippen LogP contribution in [0.4, 0.5) is 5.69 Å². The van der Waals surface area contributed by atoms with Gasteiger partial charge in [-0.1, -0.05) is 37.3 Å². The lowest BCUT2D eigenvalue weighted by molar-refractivity contribution is 0.100. The molecule has 4 rings (SSSR count). The molecule has 34 heavy (non-hydrogen) atoms. The molecule has 0 bridgehead atoms. The fraction of sp³-hybridized carbons (Fsp3) is 0.160. The first-order valence-corrected chi connectivity index (χ1v) is 12.1. The van der Waals surface area contributed by atoms with Crippen LogP contribution in [-0.4, -0.2) is 28.7 Å². The minimum Gasteiger partial charge on any atom is -0.283 e. The predicted molar refractivity (Wildman–Crippen MR) is 130 cm³/mol. The lowest BCUT2D eigenvalue weighted by Gasteiger charge is -2.21. The van der Waals surface area contributed by atoms with Gasteiger partial charge in [0.2, 0.25) is 0 Å². The molecular formula is C25H24N4O4S. The Labute approximate surface area is 197 Å². The summed E-state index contributed by atoms with van der Waals surface area (Å²) >= 11 is 0. The third-order valence-electron chi connectivity index (χ3n) is 5.69. The van der Waals surface area contributed by atoms with Crippen molar-refractivity contribution in [3.63, 3.8) is 0 Å². The van der Waals surface area contributed by atoms with E-state index in [1.165, 1.54) is 46.0 Å². The van der Waals surface area contributed by atoms with Gasteiger partial charge in [0.1, 0.15) is 5.69 Å². The summed E-state index contributed by atoms with van der Waals surface area (Å²) in [4.78, 5) is 31.1. The second-order valence-electron chi connectivity index (χ2n) is 7.72. The quantitative estimate of drug-likeness (QED) is 0.425. The van der Waals surface area contributed by atoms with Gasteiger partial charge in [-0.25, -0.2) is 13.1 Å². The zero-order valence-corrected chi connectivity index (χ0v) is 19.9. The number of carbonyl (C=O) groups is 1. The summed E-state index contributed by atoms with van der Waals surface area (Å²) in [5.41, 5.74) is 0.996. The van der Waals surface area contributed by atoms with Crippen molar-refractivity contribution in [2.45, 2.75) is 25.2 Å². The first-order valence-electron chi connectivity index (χ1n) is 10.7. The Bertz CT molecular complexity index is 1490. The molecule has 0 radical (unpaired) electrons. The van der Waals surface area contributed by atoms with Crippen molar-refractivity contribution in [2.24, 2.45) is 7.05 Å². The van der Waals surface area contributed by atoms with Gasteiger partial charge in [0.25, 0.3) is 21.5 Å². The van der Waals surface area contributed by atoms with Crippen molar-refractivity contribution in [1.82, 2.24) is 14.3 Å². The number of nitrogens with zero attached hydrogens (tertiary/aromatic N) is 4. The van der Waals surface area contributed by atoms with Crippen LogP contribution in [0.25, 0.3) is 5.69 Å². The summed E-state index contributed by atoms with van der Waals surface area (Å²) < 4.78 is 31.1. The van der Waals surface area contributed by atoms with Crippen LogP contribution in [0.2, 0.25) is 0 Å². The molecule has 0 saturated carbocycles. The molecule has 9 heteroatoms. The van der Waals surface area contributed by atoms with E-state index in [1.54, 1.807) is 50.4 Å². The van der Waals surface area contributed by atoms with Crippen LogP contribution >= 0.6 is 0 Å². The van der Waals surface area contributed by atoms with E-state index in [-0.39, 0.29) is 16.1 Å². The fourth-order valence-electron chi connectivity index (χ4n) is 3.73. The Morgan fingerprint density at radius 3 is 2.26 bits per heavy atom. The number of amides is 1. The minimum absolute atomic E-state index is 0.0465. The number of hydrogen-bond acceptors (Lipinski definition) is 5. The lowest BCUT2D eigenvalue weighted by Crippen LogP contribution is -2.40. The van der Waals surface area contributed by atoms with Crippen molar-refractivity contribution in [1.29, 1.82) is 0 Å². The van der Waals surface area contributed by atoms with E-state index in [2.05, 4.69) is 4.98 Å². The van der Waals surface area contributed by atoms with Gasteiger partial charge in [0, 0.05) is 19.4 Å². The number of carbonyl (C=O) groups excluding carboxylic acids is 1. The summed E-state index contributed by atoms with van der Waals surface area (Å²) in [5, 5.41) is 0. The van der Waals surface area contributed by atoms with Gasteiger partial charge in [-0.2, -0.15) is 4.31 Å². The number of rotatable bonds is 6. The van der Waals surface area contributed by atoms with E-state index in [1.807, 2.05) is 13.0 Å². The summed E-state index contributed by atoms with van der Waals surface area (Å²) in [6, 6.07) is 18.1. The normalized spacial score (nSPS) is 11.4. The van der Waals surface area contributed by atoms with Gasteiger partial charge < -0.3 is 0 Å². The molecule has 174 valence electrons. The second kappa shape index (κ2) is 9.11. The van der Waals surface area contributed by atoms with Gasteiger partial charge in [-0.05, 0) is 55.3 Å². The molecular weight excluding hydrogens is 452 g/mol. The monoisotopic (exact) mass is 476 g/mol. The summed E-state index contributed by atoms with van der Waals surface area (Å²) in [7, 11) is -2.79. The largest absolute Gasteiger partial charge is 0.296 e. The topological polar surface area (TPSA) is 94.3 Å². The van der Waals surface area contributed by atoms with Gasteiger partial charge in [0.05, 0.1) is 21.8 Å². The smallest absolute Gasteiger partial charge is 0.283 e. The van der Waals surface area contributed by atoms with Crippen LogP contribution in [0.5, 0.6) is 0 Å². The van der Waals surface area contributed by atoms with E-state index in [0.29, 0.717) is 15.7 Å². The van der Waals surface area contributed by atoms with Crippen LogP contribution in [-0.2, 0) is 23.5 Å². The molecule has 0 saturated heterocycles. The molecule has 0 unspecified atom stereocenters. The molecule has 0 aliphatic rings. The standard InChI is InChI=1S/C25H24N4O4S/c1-4-19-12-14-22(15-13-19)34(32,33)29(24(30)20-9-8-16-26-17-20)23-18(2)27(3)28(25(23)31)21-10-6-5-7-11-21/h5-17H,4H2,1-3H3. The highest BCUT2D eigenvalue weighted by molar-refractivity contribution is 7.93. The maximum Gasteiger partial charge on any atom is 0.296 e. The van der Waals surface area contributed by atoms with Gasteiger partial charge in [0.15, 0.2) is 0 Å². The Kier molecular flexibility index (Phi) is 6.21. The minimum atomic E-state index is -4.43. The molecule has 4 aromatic rings. The molecule has 0 N–H and O–H groups in total. The number of benzene rings is 2. The average molecular weight is 477 g/mol. The highest BCUT2D eigenvalue weighted by atomic mass is 32.2. The van der Waals surface area contributed by atoms with Crippen molar-refractivity contribution in [3.05, 3.63) is 106 Å². The first-order chi connectivity index (χ1) is 16.3. The number of hydrogen-bond donors (Lipinski definition) is 0. The maximum absolute atomic E-state index is 13.8. The van der Waals surface area contributed by atoms with Gasteiger partial charge in [-0.3, -0.25) is 19.3 Å². The van der Waals surface area contributed by atoms with Crippen LogP contribution < -0.4 is 9.86 Å². The molecule has 1 amide bonds. The lowest BCUT2D eigenvalue weighted by atomic mass is 10.2. The summed E-state index contributed by atoms with van der Waals surface area (Å²) in [6.45, 7) is 3.57. The molecule has 2 aromatic carbocycles. The number of para-hydroxylation sites is 1. The van der Waals surface area contributed by atoms with E-state index < -0.39 is 21.5 Å². The Hall–Kier alpha value is -3.98. The molecule has 0 spiro atoms. The fourth-order valence-corrected chi connectivity index (χ4v) is 5.19. The van der Waals surface area contributed by atoms with Crippen LogP contribution in [0.15, 0.2) is 88.8 Å². The van der Waals surface area contributed by atoms with Gasteiger partial charge in [-0.15, -0.1) is 0 Å². The molecule has 0 atom stereocenters. The van der Waals surface area contributed by atoms with Crippen molar-refractivity contribution < 1.29 is 13.2 Å². The zero-order chi connectivity index (χ0) is 24.5. The van der Waals surface area contributed by atoms with Crippen molar-refractivity contribution in [2.75, 3.05) is 4.31 Å². The molecule has 0 fully saturated rings. The molecule has 2 heterocycles. The predicted octanol–water partition coefficient (Wildman–Crippen LogP) is 3.48. The maximum atomic E-state index is 13.8. The summed E-state index contributed by atoms with van der Waals surface area (Å²) in [6.07, 6.45) is 3.49. The van der Waals surface area contributed by atoms with Crippen molar-refractivity contribution in [3.8, 4) is 5.69 Å². The number of aryl methyl sites for hydroxylation is 1. The highest BCUT2D eigenvalue weighted by Crippen LogP contribution is 2.27. The molecule has 0 aliphatic carbocycles. The number of pyridine rings is 1. The van der Waals surface area contributed by atoms with Crippen LogP contribution in [0.3, 0.4) is 0 Å².